The Morgan fingerprint density at radius 3 is 2.08 bits per heavy atom. The molecule has 40 heavy (non-hydrogen) atoms. The minimum Gasteiger partial charge on any atom is -0.497 e. The van der Waals surface area contributed by atoms with Crippen molar-refractivity contribution in [2.24, 2.45) is 0 Å². The minimum atomic E-state index is -0.929. The molecule has 0 unspecified atom stereocenters. The van der Waals surface area contributed by atoms with Crippen molar-refractivity contribution < 1.29 is 33.8 Å². The summed E-state index contributed by atoms with van der Waals surface area (Å²) in [6, 6.07) is 18.0. The normalized spacial score (nSPS) is 10.5. The van der Waals surface area contributed by atoms with E-state index in [0.29, 0.717) is 30.1 Å². The van der Waals surface area contributed by atoms with E-state index in [4.69, 9.17) is 19.3 Å². The Morgan fingerprint density at radius 1 is 0.850 bits per heavy atom. The van der Waals surface area contributed by atoms with Gasteiger partial charge in [-0.25, -0.2) is 9.59 Å². The van der Waals surface area contributed by atoms with Crippen molar-refractivity contribution in [3.63, 3.8) is 0 Å². The summed E-state index contributed by atoms with van der Waals surface area (Å²) in [7, 11) is 1.56. The van der Waals surface area contributed by atoms with Crippen molar-refractivity contribution in [2.75, 3.05) is 13.7 Å². The molecule has 0 amide bonds. The molecule has 0 aliphatic carbocycles. The molecule has 0 saturated heterocycles. The van der Waals surface area contributed by atoms with E-state index in [1.807, 2.05) is 0 Å². The fourth-order valence-electron chi connectivity index (χ4n) is 4.00. The van der Waals surface area contributed by atoms with Crippen molar-refractivity contribution in [1.29, 1.82) is 0 Å². The number of carbonyl (C=O) groups is 2. The first-order valence-electron chi connectivity index (χ1n) is 13.1. The number of carboxylic acids is 1. The first kappa shape index (κ1) is 29.9. The molecule has 0 aliphatic heterocycles. The predicted molar refractivity (Wildman–Crippen MR) is 151 cm³/mol. The fourth-order valence-corrected chi connectivity index (χ4v) is 4.00. The van der Waals surface area contributed by atoms with E-state index in [1.165, 1.54) is 12.1 Å². The van der Waals surface area contributed by atoms with Gasteiger partial charge in [0, 0.05) is 11.6 Å². The molecule has 3 rings (SSSR count). The van der Waals surface area contributed by atoms with Crippen molar-refractivity contribution in [2.45, 2.75) is 44.9 Å². The van der Waals surface area contributed by atoms with Gasteiger partial charge in [0.15, 0.2) is 0 Å². The largest absolute Gasteiger partial charge is 0.497 e. The van der Waals surface area contributed by atoms with Crippen molar-refractivity contribution in [3.05, 3.63) is 94.6 Å². The number of hydrogen-bond donors (Lipinski definition) is 1. The second-order valence-electron chi connectivity index (χ2n) is 9.21. The van der Waals surface area contributed by atoms with Crippen LogP contribution in [0.1, 0.15) is 55.3 Å². The van der Waals surface area contributed by atoms with Crippen molar-refractivity contribution in [1.82, 2.24) is 0 Å². The molecule has 0 aliphatic rings. The number of hydrogen-bond acceptors (Lipinski definition) is 7. The highest BCUT2D eigenvalue weighted by Crippen LogP contribution is 2.33. The van der Waals surface area contributed by atoms with E-state index < -0.39 is 16.9 Å². The third kappa shape index (κ3) is 8.97. The average molecular weight is 548 g/mol. The molecule has 0 heterocycles. The van der Waals surface area contributed by atoms with Crippen LogP contribution in [0.15, 0.2) is 78.9 Å². The number of nitro groups is 1. The van der Waals surface area contributed by atoms with Gasteiger partial charge in [0.1, 0.15) is 11.5 Å². The number of carbonyl (C=O) groups excluding carboxylic acids is 1. The number of carboxylic acid groups (broad SMARTS) is 1. The van der Waals surface area contributed by atoms with Crippen LogP contribution in [0.4, 0.5) is 5.69 Å². The topological polar surface area (TPSA) is 125 Å². The van der Waals surface area contributed by atoms with Crippen LogP contribution < -0.4 is 14.2 Å². The van der Waals surface area contributed by atoms with Gasteiger partial charge in [-0.05, 0) is 72.9 Å². The molecule has 0 saturated carbocycles. The van der Waals surface area contributed by atoms with Crippen molar-refractivity contribution >= 4 is 17.6 Å². The number of nitro benzene ring substituents is 1. The number of rotatable bonds is 16. The molecule has 0 atom stereocenters. The molecule has 1 N–H and O–H groups in total. The number of ether oxygens (including phenoxy) is 3. The van der Waals surface area contributed by atoms with Gasteiger partial charge in [-0.2, -0.15) is 0 Å². The maximum Gasteiger partial charge on any atom is 0.343 e. The van der Waals surface area contributed by atoms with Crippen LogP contribution in [-0.4, -0.2) is 35.7 Å². The number of nitrogens with zero attached hydrogens (tertiary/aromatic N) is 1. The van der Waals surface area contributed by atoms with Gasteiger partial charge in [0.05, 0.1) is 24.2 Å². The summed E-state index contributed by atoms with van der Waals surface area (Å²) in [4.78, 5) is 34.5. The summed E-state index contributed by atoms with van der Waals surface area (Å²) in [6.07, 6.45) is 6.28. The fraction of sp³-hybridized carbons (Fsp3) is 0.290. The van der Waals surface area contributed by atoms with E-state index in [-0.39, 0.29) is 22.6 Å². The van der Waals surface area contributed by atoms with E-state index >= 15 is 0 Å². The number of unbranched alkanes of at least 4 members (excludes halogenated alkanes) is 5. The Hall–Kier alpha value is -4.66. The highest BCUT2D eigenvalue weighted by atomic mass is 16.6. The van der Waals surface area contributed by atoms with Crippen LogP contribution in [0.25, 0.3) is 11.1 Å². The zero-order valence-electron chi connectivity index (χ0n) is 22.5. The lowest BCUT2D eigenvalue weighted by Gasteiger charge is -2.09. The van der Waals surface area contributed by atoms with Gasteiger partial charge in [-0.3, -0.25) is 10.1 Å². The van der Waals surface area contributed by atoms with E-state index in [9.17, 15) is 19.7 Å². The lowest BCUT2D eigenvalue weighted by Crippen LogP contribution is -2.10. The molecule has 0 radical (unpaired) electrons. The highest BCUT2D eigenvalue weighted by molar-refractivity contribution is 5.92. The lowest BCUT2D eigenvalue weighted by molar-refractivity contribution is -0.385. The lowest BCUT2D eigenvalue weighted by atomic mass is 10.0. The van der Waals surface area contributed by atoms with Gasteiger partial charge in [0.2, 0.25) is 5.75 Å². The maximum atomic E-state index is 12.7. The van der Waals surface area contributed by atoms with Crippen LogP contribution in [0, 0.1) is 10.1 Å². The first-order valence-corrected chi connectivity index (χ1v) is 13.1. The van der Waals surface area contributed by atoms with Crippen LogP contribution in [0.3, 0.4) is 0 Å². The molecule has 9 nitrogen and oxygen atoms in total. The summed E-state index contributed by atoms with van der Waals surface area (Å²) in [5.74, 6) is -0.496. The standard InChI is InChI=1S/C31H33NO8/c1-22(30(33)34)9-7-5-3-4-6-8-20-39-27-17-12-24(13-18-27)31(35)40-29-19-14-25(21-28(29)32(36)37)23-10-15-26(38-2)16-11-23/h10-19,21H,1,3-9,20H2,2H3,(H,33,34). The number of esters is 1. The quantitative estimate of drug-likeness (QED) is 0.0497. The van der Waals surface area contributed by atoms with E-state index in [0.717, 1.165) is 44.1 Å². The molecule has 0 spiro atoms. The summed E-state index contributed by atoms with van der Waals surface area (Å²) in [5, 5.41) is 20.5. The van der Waals surface area contributed by atoms with Crippen LogP contribution in [0.5, 0.6) is 17.2 Å². The summed E-state index contributed by atoms with van der Waals surface area (Å²) in [5.41, 5.74) is 1.56. The van der Waals surface area contributed by atoms with Crippen LogP contribution in [-0.2, 0) is 4.79 Å². The Morgan fingerprint density at radius 2 is 1.45 bits per heavy atom. The van der Waals surface area contributed by atoms with Gasteiger partial charge >= 0.3 is 17.6 Å². The number of benzene rings is 3. The first-order chi connectivity index (χ1) is 19.3. The molecular weight excluding hydrogens is 514 g/mol. The monoisotopic (exact) mass is 547 g/mol. The third-order valence-electron chi connectivity index (χ3n) is 6.32. The second-order valence-corrected chi connectivity index (χ2v) is 9.21. The predicted octanol–water partition coefficient (Wildman–Crippen LogP) is 7.24. The molecule has 210 valence electrons. The Bertz CT molecular complexity index is 1320. The summed E-state index contributed by atoms with van der Waals surface area (Å²) in [6.45, 7) is 4.07. The molecule has 0 fully saturated rings. The molecular formula is C31H33NO8. The Balaban J connectivity index is 1.46. The van der Waals surface area contributed by atoms with E-state index in [1.54, 1.807) is 61.7 Å². The molecule has 9 heteroatoms. The third-order valence-corrected chi connectivity index (χ3v) is 6.32. The van der Waals surface area contributed by atoms with Crippen molar-refractivity contribution in [3.8, 4) is 28.4 Å². The van der Waals surface area contributed by atoms with Gasteiger partial charge in [-0.1, -0.05) is 50.5 Å². The SMILES string of the molecule is C=C(CCCCCCCCOc1ccc(C(=O)Oc2ccc(-c3ccc(OC)cc3)cc2[N+](=O)[O-])cc1)C(=O)O. The van der Waals surface area contributed by atoms with Gasteiger partial charge in [0.25, 0.3) is 0 Å². The summed E-state index contributed by atoms with van der Waals surface area (Å²) < 4.78 is 16.2. The molecule has 0 bridgehead atoms. The molecule has 3 aromatic carbocycles. The zero-order chi connectivity index (χ0) is 28.9. The number of methoxy groups -OCH3 is 1. The smallest absolute Gasteiger partial charge is 0.343 e. The Labute approximate surface area is 233 Å². The average Bonchev–Trinajstić information content (AvgIpc) is 2.96. The van der Waals surface area contributed by atoms with Crippen LogP contribution in [0.2, 0.25) is 0 Å². The summed E-state index contributed by atoms with van der Waals surface area (Å²) >= 11 is 0. The van der Waals surface area contributed by atoms with Gasteiger partial charge in [-0.15, -0.1) is 0 Å². The minimum absolute atomic E-state index is 0.139. The highest BCUT2D eigenvalue weighted by Gasteiger charge is 2.20. The second kappa shape index (κ2) is 15.1. The van der Waals surface area contributed by atoms with Crippen LogP contribution >= 0.6 is 0 Å². The Kier molecular flexibility index (Phi) is 11.3. The van der Waals surface area contributed by atoms with Gasteiger partial charge < -0.3 is 19.3 Å². The molecule has 3 aromatic rings. The maximum absolute atomic E-state index is 12.7. The van der Waals surface area contributed by atoms with E-state index in [2.05, 4.69) is 6.58 Å². The molecule has 0 aromatic heterocycles. The zero-order valence-corrected chi connectivity index (χ0v) is 22.5. The number of aliphatic carboxylic acids is 1.